The van der Waals surface area contributed by atoms with Crippen molar-refractivity contribution < 1.29 is 19.1 Å². The molecule has 1 aliphatic carbocycles. The first-order valence-electron chi connectivity index (χ1n) is 8.03. The van der Waals surface area contributed by atoms with Crippen molar-refractivity contribution in [2.24, 2.45) is 5.92 Å². The highest BCUT2D eigenvalue weighted by Crippen LogP contribution is 2.28. The number of hydrogen-bond acceptors (Lipinski definition) is 4. The van der Waals surface area contributed by atoms with Gasteiger partial charge in [-0.1, -0.05) is 6.08 Å². The molecule has 0 spiro atoms. The molecule has 5 nitrogen and oxygen atoms in total. The Morgan fingerprint density at radius 2 is 1.77 bits per heavy atom. The highest BCUT2D eigenvalue weighted by atomic mass is 16.6. The molecule has 22 heavy (non-hydrogen) atoms. The fourth-order valence-electron chi connectivity index (χ4n) is 2.57. The molecule has 0 unspecified atom stereocenters. The molecule has 0 bridgehead atoms. The number of esters is 1. The van der Waals surface area contributed by atoms with Gasteiger partial charge in [0, 0.05) is 19.2 Å². The van der Waals surface area contributed by atoms with Crippen LogP contribution >= 0.6 is 0 Å². The van der Waals surface area contributed by atoms with E-state index in [0.717, 1.165) is 25.7 Å². The molecule has 0 radical (unpaired) electrons. The summed E-state index contributed by atoms with van der Waals surface area (Å²) in [6.07, 6.45) is 6.97. The van der Waals surface area contributed by atoms with E-state index in [1.165, 1.54) is 6.08 Å². The normalized spacial score (nSPS) is 22.4. The minimum atomic E-state index is -0.467. The summed E-state index contributed by atoms with van der Waals surface area (Å²) in [5.74, 6) is 0.100. The molecule has 1 fully saturated rings. The van der Waals surface area contributed by atoms with E-state index in [1.54, 1.807) is 18.9 Å². The zero-order valence-electron chi connectivity index (χ0n) is 14.4. The first kappa shape index (κ1) is 18.5. The van der Waals surface area contributed by atoms with Crippen molar-refractivity contribution in [1.82, 2.24) is 4.90 Å². The minimum Gasteiger partial charge on any atom is -0.463 e. The van der Waals surface area contributed by atoms with E-state index in [0.29, 0.717) is 12.5 Å². The molecule has 0 aromatic rings. The molecule has 1 saturated carbocycles. The average Bonchev–Trinajstić information content (AvgIpc) is 2.43. The van der Waals surface area contributed by atoms with E-state index < -0.39 is 5.60 Å². The van der Waals surface area contributed by atoms with Gasteiger partial charge in [-0.3, -0.25) is 0 Å². The lowest BCUT2D eigenvalue weighted by molar-refractivity contribution is -0.137. The van der Waals surface area contributed by atoms with E-state index >= 15 is 0 Å². The summed E-state index contributed by atoms with van der Waals surface area (Å²) in [5.41, 5.74) is -0.467. The smallest absolute Gasteiger partial charge is 0.410 e. The molecule has 0 aromatic heterocycles. The number of ether oxygens (including phenoxy) is 2. The van der Waals surface area contributed by atoms with E-state index in [9.17, 15) is 9.59 Å². The number of carbonyl (C=O) groups excluding carboxylic acids is 2. The molecule has 126 valence electrons. The Balaban J connectivity index is 2.41. The van der Waals surface area contributed by atoms with Gasteiger partial charge in [-0.05, 0) is 59.3 Å². The lowest BCUT2D eigenvalue weighted by Gasteiger charge is -2.34. The van der Waals surface area contributed by atoms with Gasteiger partial charge in [0.25, 0.3) is 0 Å². The van der Waals surface area contributed by atoms with E-state index in [-0.39, 0.29) is 18.1 Å². The topological polar surface area (TPSA) is 55.8 Å². The monoisotopic (exact) mass is 311 g/mol. The highest BCUT2D eigenvalue weighted by Gasteiger charge is 2.28. The van der Waals surface area contributed by atoms with Crippen molar-refractivity contribution in [3.8, 4) is 0 Å². The van der Waals surface area contributed by atoms with Gasteiger partial charge in [-0.25, -0.2) is 9.59 Å². The van der Waals surface area contributed by atoms with Crippen molar-refractivity contribution >= 4 is 12.1 Å². The first-order valence-corrected chi connectivity index (χ1v) is 8.03. The quantitative estimate of drug-likeness (QED) is 0.589. The van der Waals surface area contributed by atoms with Crippen LogP contribution in [0.15, 0.2) is 12.2 Å². The predicted molar refractivity (Wildman–Crippen MR) is 85.5 cm³/mol. The zero-order valence-corrected chi connectivity index (χ0v) is 14.4. The van der Waals surface area contributed by atoms with Crippen LogP contribution in [-0.2, 0) is 14.3 Å². The summed E-state index contributed by atoms with van der Waals surface area (Å²) in [4.78, 5) is 25.1. The molecule has 1 rings (SSSR count). The number of nitrogens with zero attached hydrogens (tertiary/aromatic N) is 1. The maximum Gasteiger partial charge on any atom is 0.410 e. The Bertz CT molecular complexity index is 403. The summed E-state index contributed by atoms with van der Waals surface area (Å²) in [6.45, 7) is 7.81. The maximum absolute atomic E-state index is 12.1. The molecule has 0 saturated heterocycles. The highest BCUT2D eigenvalue weighted by molar-refractivity contribution is 5.81. The zero-order chi connectivity index (χ0) is 16.8. The second kappa shape index (κ2) is 8.20. The summed E-state index contributed by atoms with van der Waals surface area (Å²) >= 11 is 0. The Labute approximate surface area is 133 Å². The standard InChI is InChI=1S/C17H29NO4/c1-6-21-15(19)12-9-13-7-10-14(11-8-13)18(5)16(20)22-17(2,3)4/h9,12-14H,6-8,10-11H2,1-5H3. The van der Waals surface area contributed by atoms with E-state index in [4.69, 9.17) is 9.47 Å². The fraction of sp³-hybridized carbons (Fsp3) is 0.765. The SMILES string of the molecule is CCOC(=O)C=CC1CCC(N(C)C(=O)OC(C)(C)C)CC1. The molecule has 0 aliphatic heterocycles. The van der Waals surface area contributed by atoms with Crippen molar-refractivity contribution in [3.63, 3.8) is 0 Å². The fourth-order valence-corrected chi connectivity index (χ4v) is 2.57. The Morgan fingerprint density at radius 1 is 1.18 bits per heavy atom. The molecule has 5 heteroatoms. The summed E-state index contributed by atoms with van der Waals surface area (Å²) < 4.78 is 10.3. The molecule has 0 atom stereocenters. The van der Waals surface area contributed by atoms with Gasteiger partial charge < -0.3 is 14.4 Å². The van der Waals surface area contributed by atoms with E-state index in [1.807, 2.05) is 26.8 Å². The second-order valence-corrected chi connectivity index (χ2v) is 6.77. The number of rotatable bonds is 4. The van der Waals surface area contributed by atoms with Crippen molar-refractivity contribution in [2.45, 2.75) is 65.0 Å². The van der Waals surface area contributed by atoms with Crippen molar-refractivity contribution in [3.05, 3.63) is 12.2 Å². The van der Waals surface area contributed by atoms with Crippen molar-refractivity contribution in [1.29, 1.82) is 0 Å². The van der Waals surface area contributed by atoms with Gasteiger partial charge in [-0.2, -0.15) is 0 Å². The average molecular weight is 311 g/mol. The van der Waals surface area contributed by atoms with Crippen LogP contribution in [0.25, 0.3) is 0 Å². The number of amides is 1. The van der Waals surface area contributed by atoms with Crippen LogP contribution in [0.2, 0.25) is 0 Å². The van der Waals surface area contributed by atoms with Crippen LogP contribution in [0.3, 0.4) is 0 Å². The summed E-state index contributed by atoms with van der Waals surface area (Å²) in [7, 11) is 1.80. The molecule has 1 aliphatic rings. The second-order valence-electron chi connectivity index (χ2n) is 6.77. The van der Waals surface area contributed by atoms with Gasteiger partial charge in [0.1, 0.15) is 5.60 Å². The maximum atomic E-state index is 12.1. The summed E-state index contributed by atoms with van der Waals surface area (Å²) in [5, 5.41) is 0. The number of hydrogen-bond donors (Lipinski definition) is 0. The first-order chi connectivity index (χ1) is 10.2. The van der Waals surface area contributed by atoms with Gasteiger partial charge in [0.05, 0.1) is 6.61 Å². The number of carbonyl (C=O) groups is 2. The minimum absolute atomic E-state index is 0.210. The third kappa shape index (κ3) is 6.50. The molecular weight excluding hydrogens is 282 g/mol. The largest absolute Gasteiger partial charge is 0.463 e. The van der Waals surface area contributed by atoms with E-state index in [2.05, 4.69) is 0 Å². The third-order valence-corrected chi connectivity index (χ3v) is 3.76. The van der Waals surface area contributed by atoms with Crippen LogP contribution in [0, 0.1) is 5.92 Å². The van der Waals surface area contributed by atoms with Gasteiger partial charge in [0.2, 0.25) is 0 Å². The summed E-state index contributed by atoms with van der Waals surface area (Å²) in [6, 6.07) is 0.210. The van der Waals surface area contributed by atoms with Crippen LogP contribution in [0.1, 0.15) is 53.4 Å². The van der Waals surface area contributed by atoms with Crippen molar-refractivity contribution in [2.75, 3.05) is 13.7 Å². The predicted octanol–water partition coefficient (Wildman–Crippen LogP) is 3.53. The molecular formula is C17H29NO4. The molecule has 0 heterocycles. The van der Waals surface area contributed by atoms with Gasteiger partial charge >= 0.3 is 12.1 Å². The van der Waals surface area contributed by atoms with Crippen LogP contribution < -0.4 is 0 Å². The number of allylic oxidation sites excluding steroid dienone is 1. The van der Waals surface area contributed by atoms with Crippen LogP contribution in [-0.4, -0.2) is 42.3 Å². The Hall–Kier alpha value is -1.52. The Kier molecular flexibility index (Phi) is 6.91. The van der Waals surface area contributed by atoms with Gasteiger partial charge in [-0.15, -0.1) is 0 Å². The molecule has 0 N–H and O–H groups in total. The molecule has 1 amide bonds. The lowest BCUT2D eigenvalue weighted by Crippen LogP contribution is -2.42. The molecule has 0 aromatic carbocycles. The Morgan fingerprint density at radius 3 is 2.27 bits per heavy atom. The lowest BCUT2D eigenvalue weighted by atomic mass is 9.85. The van der Waals surface area contributed by atoms with Gasteiger partial charge in [0.15, 0.2) is 0 Å². The van der Waals surface area contributed by atoms with Crippen LogP contribution in [0.4, 0.5) is 4.79 Å². The van der Waals surface area contributed by atoms with Crippen LogP contribution in [0.5, 0.6) is 0 Å². The third-order valence-electron chi connectivity index (χ3n) is 3.76.